The largest absolute Gasteiger partial charge is 0.439 e. The Bertz CT molecular complexity index is 1770. The predicted octanol–water partition coefficient (Wildman–Crippen LogP) is 2.86. The number of hydrogen-bond donors (Lipinski definition) is 1. The molecule has 3 atom stereocenters. The first-order valence-electron chi connectivity index (χ1n) is 12.7. The van der Waals surface area contributed by atoms with Crippen molar-refractivity contribution in [2.45, 2.75) is 38.4 Å². The van der Waals surface area contributed by atoms with E-state index in [1.54, 1.807) is 24.3 Å². The van der Waals surface area contributed by atoms with Gasteiger partial charge >= 0.3 is 5.23 Å². The van der Waals surface area contributed by atoms with E-state index < -0.39 is 50.1 Å². The van der Waals surface area contributed by atoms with Gasteiger partial charge in [-0.15, -0.1) is 0 Å². The molecule has 3 aromatic rings. The summed E-state index contributed by atoms with van der Waals surface area (Å²) in [6, 6.07) is 5.08. The number of likely N-dealkylation sites (tertiary alicyclic amines) is 1. The van der Waals surface area contributed by atoms with Gasteiger partial charge in [0.25, 0.3) is 0 Å². The molecule has 5 rings (SSSR count). The number of halogens is 1. The Hall–Kier alpha value is -4.24. The van der Waals surface area contributed by atoms with E-state index in [0.717, 1.165) is 12.5 Å². The first kappa shape index (κ1) is 29.3. The average molecular weight is 657 g/mol. The molecule has 2 fully saturated rings. The summed E-state index contributed by atoms with van der Waals surface area (Å²) in [6.07, 6.45) is 5.46. The van der Waals surface area contributed by atoms with Crippen LogP contribution in [0.3, 0.4) is 0 Å². The summed E-state index contributed by atoms with van der Waals surface area (Å²) in [4.78, 5) is 53.1. The zero-order valence-electron chi connectivity index (χ0n) is 22.4. The summed E-state index contributed by atoms with van der Waals surface area (Å²) in [5.41, 5.74) is -0.239. The molecule has 1 N–H and O–H groups in total. The highest BCUT2D eigenvalue weighted by Crippen LogP contribution is 2.60. The van der Waals surface area contributed by atoms with Gasteiger partial charge in [-0.3, -0.25) is 24.0 Å². The number of Topliss-reactive ketones (excluding diaryl/α,β-unsaturated/α-hetero) is 1. The lowest BCUT2D eigenvalue weighted by Crippen LogP contribution is -2.46. The van der Waals surface area contributed by atoms with Crippen LogP contribution < -0.4 is 5.32 Å². The van der Waals surface area contributed by atoms with Gasteiger partial charge in [-0.2, -0.15) is 5.10 Å². The molecule has 15 heteroatoms. The predicted molar refractivity (Wildman–Crippen MR) is 157 cm³/mol. The minimum absolute atomic E-state index is 0.0814. The molecule has 1 saturated heterocycles. The highest BCUT2D eigenvalue weighted by molar-refractivity contribution is 9.10. The van der Waals surface area contributed by atoms with E-state index in [1.807, 2.05) is 0 Å². The number of hydrogen-bond acceptors (Lipinski definition) is 10. The molecule has 2 amide bonds. The topological polar surface area (TPSA) is 166 Å². The van der Waals surface area contributed by atoms with E-state index >= 15 is 0 Å². The Morgan fingerprint density at radius 2 is 2.05 bits per heavy atom. The lowest BCUT2D eigenvalue weighted by molar-refractivity contribution is -0.138. The second-order valence-corrected chi connectivity index (χ2v) is 12.7. The van der Waals surface area contributed by atoms with Crippen LogP contribution in [0.25, 0.3) is 10.9 Å². The number of aliphatic imine (C=N–C) groups is 1. The number of nitrogens with one attached hydrogen (secondary N) is 1. The van der Waals surface area contributed by atoms with Crippen LogP contribution in [0.5, 0.6) is 0 Å². The molecule has 13 nitrogen and oxygen atoms in total. The second-order valence-electron chi connectivity index (χ2n) is 10.0. The fourth-order valence-electron chi connectivity index (χ4n) is 5.49. The Morgan fingerprint density at radius 1 is 1.26 bits per heavy atom. The fraction of sp³-hybridized carbons (Fsp3) is 0.296. The number of aromatic nitrogens is 4. The molecular formula is C27H26BrN7O6S. The molecule has 2 aliphatic rings. The number of ether oxygens (including phenoxy) is 1. The van der Waals surface area contributed by atoms with Crippen molar-refractivity contribution in [2.75, 3.05) is 11.1 Å². The Morgan fingerprint density at radius 3 is 2.74 bits per heavy atom. The quantitative estimate of drug-likeness (QED) is 0.120. The maximum Gasteiger partial charge on any atom is 0.314 e. The summed E-state index contributed by atoms with van der Waals surface area (Å²) in [6.45, 7) is 7.91. The minimum atomic E-state index is -4.07. The van der Waals surface area contributed by atoms with Gasteiger partial charge in [-0.1, -0.05) is 19.2 Å². The Labute approximate surface area is 249 Å². The highest BCUT2D eigenvalue weighted by Gasteiger charge is 2.68. The number of carbonyl (C=O) groups is 3. The molecule has 0 bridgehead atoms. The number of rotatable bonds is 9. The van der Waals surface area contributed by atoms with Crippen LogP contribution in [0.4, 0.5) is 5.82 Å². The smallest absolute Gasteiger partial charge is 0.314 e. The molecule has 1 aliphatic carbocycles. The maximum atomic E-state index is 13.9. The lowest BCUT2D eigenvalue weighted by Gasteiger charge is -2.26. The summed E-state index contributed by atoms with van der Waals surface area (Å²) in [5, 5.41) is 7.06. The van der Waals surface area contributed by atoms with Crippen molar-refractivity contribution < 1.29 is 27.5 Å². The van der Waals surface area contributed by atoms with Crippen LogP contribution >= 0.6 is 15.9 Å². The van der Waals surface area contributed by atoms with Gasteiger partial charge in [0.15, 0.2) is 5.78 Å². The number of ketones is 1. The molecule has 1 saturated carbocycles. The van der Waals surface area contributed by atoms with Crippen LogP contribution in [-0.2, 0) is 30.7 Å². The molecule has 1 aliphatic heterocycles. The maximum absolute atomic E-state index is 13.9. The van der Waals surface area contributed by atoms with Crippen LogP contribution in [0, 0.1) is 5.41 Å². The normalized spacial score (nSPS) is 21.5. The van der Waals surface area contributed by atoms with Crippen molar-refractivity contribution >= 4 is 65.3 Å². The third-order valence-electron chi connectivity index (χ3n) is 7.27. The van der Waals surface area contributed by atoms with Crippen LogP contribution in [-0.4, -0.2) is 73.7 Å². The zero-order chi connectivity index (χ0) is 30.2. The van der Waals surface area contributed by atoms with Crippen LogP contribution in [0.2, 0.25) is 0 Å². The van der Waals surface area contributed by atoms with Crippen molar-refractivity contribution in [1.29, 1.82) is 0 Å². The van der Waals surface area contributed by atoms with Gasteiger partial charge in [0.2, 0.25) is 21.7 Å². The zero-order valence-corrected chi connectivity index (χ0v) is 24.8. The number of carbonyl (C=O) groups excluding carboxylic acids is 3. The van der Waals surface area contributed by atoms with Crippen molar-refractivity contribution in [3.8, 4) is 0 Å². The number of piperidine rings is 1. The molecule has 218 valence electrons. The molecule has 0 spiro atoms. The molecule has 4 heterocycles. The molecule has 0 unspecified atom stereocenters. The summed E-state index contributed by atoms with van der Waals surface area (Å²) >= 11 is 3.27. The van der Waals surface area contributed by atoms with E-state index in [-0.39, 0.29) is 30.3 Å². The third-order valence-corrected chi connectivity index (χ3v) is 9.40. The van der Waals surface area contributed by atoms with E-state index in [0.29, 0.717) is 21.9 Å². The van der Waals surface area contributed by atoms with E-state index in [1.165, 1.54) is 28.9 Å². The number of anilines is 1. The minimum Gasteiger partial charge on any atom is -0.439 e. The first-order chi connectivity index (χ1) is 20.0. The van der Waals surface area contributed by atoms with E-state index in [4.69, 9.17) is 4.74 Å². The monoisotopic (exact) mass is 655 g/mol. The number of fused-ring (bicyclic) bond motifs is 2. The van der Waals surface area contributed by atoms with Gasteiger partial charge in [-0.25, -0.2) is 18.4 Å². The standard InChI is InChI=1S/C27H26BrN7O6S/c1-4-30-26(41-5-2)42(39,40)15-27-11-18(25(38)32-22-8-6-7-21(28)31-22)35(20(27)12-27)23(37)14-34-19-13-29-10-9-17(19)24(33-34)16(3)36/h4-10,13,18,20H,1-2,11-12,14-15H2,3H3,(H,31,32,38)/t18-,20+,27-/m0/s1. The van der Waals surface area contributed by atoms with Crippen molar-refractivity contribution in [1.82, 2.24) is 24.6 Å². The average Bonchev–Trinajstić information content (AvgIpc) is 3.32. The number of amides is 2. The van der Waals surface area contributed by atoms with E-state index in [9.17, 15) is 22.8 Å². The number of sulfone groups is 1. The SMILES string of the molecule is C=CN=C(OC=C)S(=O)(=O)C[C@@]12C[C@@H](C(=O)Nc3cccc(Br)n3)N(C(=O)Cn3nc(C(C)=O)c4ccncc43)[C@@H]1C2. The summed E-state index contributed by atoms with van der Waals surface area (Å²) in [5.74, 6) is -1.40. The van der Waals surface area contributed by atoms with Crippen molar-refractivity contribution in [2.24, 2.45) is 10.4 Å². The van der Waals surface area contributed by atoms with Gasteiger partial charge in [-0.05, 0) is 47.0 Å². The molecule has 42 heavy (non-hydrogen) atoms. The highest BCUT2D eigenvalue weighted by atomic mass is 79.9. The Kier molecular flexibility index (Phi) is 7.81. The van der Waals surface area contributed by atoms with Crippen molar-refractivity contribution in [3.05, 3.63) is 72.6 Å². The molecule has 0 aromatic carbocycles. The van der Waals surface area contributed by atoms with Gasteiger partial charge in [0.05, 0.1) is 23.7 Å². The van der Waals surface area contributed by atoms with Crippen molar-refractivity contribution in [3.63, 3.8) is 0 Å². The first-order valence-corrected chi connectivity index (χ1v) is 15.2. The molecule has 3 aromatic heterocycles. The fourth-order valence-corrected chi connectivity index (χ4v) is 7.59. The Balaban J connectivity index is 1.47. The van der Waals surface area contributed by atoms with Gasteiger partial charge in [0.1, 0.15) is 28.7 Å². The van der Waals surface area contributed by atoms with E-state index in [2.05, 4.69) is 54.5 Å². The second kappa shape index (κ2) is 11.2. The van der Waals surface area contributed by atoms with Crippen LogP contribution in [0.1, 0.15) is 30.3 Å². The molecular weight excluding hydrogens is 630 g/mol. The number of pyridine rings is 2. The third kappa shape index (κ3) is 5.48. The summed E-state index contributed by atoms with van der Waals surface area (Å²) < 4.78 is 33.4. The lowest BCUT2D eigenvalue weighted by atomic mass is 10.0. The van der Waals surface area contributed by atoms with Gasteiger partial charge in [0, 0.05) is 36.2 Å². The van der Waals surface area contributed by atoms with Gasteiger partial charge < -0.3 is 15.0 Å². The molecule has 0 radical (unpaired) electrons. The van der Waals surface area contributed by atoms with Crippen LogP contribution in [0.15, 0.2) is 71.9 Å². The number of nitrogens with zero attached hydrogens (tertiary/aromatic N) is 6. The summed E-state index contributed by atoms with van der Waals surface area (Å²) in [7, 11) is -4.07.